The second-order valence-corrected chi connectivity index (χ2v) is 8.19. The first-order chi connectivity index (χ1) is 16.3. The molecule has 34 heavy (non-hydrogen) atoms. The van der Waals surface area contributed by atoms with Crippen LogP contribution in [-0.4, -0.2) is 22.8 Å². The maximum atomic E-state index is 13.0. The lowest BCUT2D eigenvalue weighted by atomic mass is 10.1. The molecule has 1 unspecified atom stereocenters. The number of halogens is 1. The molecular weight excluding hydrogens is 439 g/mol. The Bertz CT molecular complexity index is 1220. The van der Waals surface area contributed by atoms with Gasteiger partial charge >= 0.3 is 0 Å². The molecule has 0 aromatic heterocycles. The van der Waals surface area contributed by atoms with Crippen LogP contribution in [0.2, 0.25) is 0 Å². The smallest absolute Gasteiger partial charge is 0.293 e. The third kappa shape index (κ3) is 5.55. The number of benzene rings is 3. The SMILES string of the molecule is CC(Nc1ccc(C(=O)NC2CC2)cc1[N+](=O)[O-])c1ccc(NC(=O)c2ccc(F)cc2)cc1. The predicted molar refractivity (Wildman–Crippen MR) is 126 cm³/mol. The topological polar surface area (TPSA) is 113 Å². The number of amides is 2. The molecule has 3 aromatic carbocycles. The second-order valence-electron chi connectivity index (χ2n) is 8.19. The van der Waals surface area contributed by atoms with E-state index in [0.29, 0.717) is 16.9 Å². The molecule has 3 aromatic rings. The molecule has 1 saturated carbocycles. The minimum atomic E-state index is -0.517. The van der Waals surface area contributed by atoms with Gasteiger partial charge in [-0.1, -0.05) is 12.1 Å². The number of carbonyl (C=O) groups is 2. The first kappa shape index (κ1) is 22.9. The van der Waals surface area contributed by atoms with Gasteiger partial charge < -0.3 is 16.0 Å². The van der Waals surface area contributed by atoms with Crippen molar-refractivity contribution >= 4 is 28.9 Å². The third-order valence-corrected chi connectivity index (χ3v) is 5.52. The number of nitro groups is 1. The molecule has 1 atom stereocenters. The summed E-state index contributed by atoms with van der Waals surface area (Å²) < 4.78 is 13.0. The quantitative estimate of drug-likeness (QED) is 0.320. The maximum absolute atomic E-state index is 13.0. The molecule has 8 nitrogen and oxygen atoms in total. The molecule has 1 fully saturated rings. The Hall–Kier alpha value is -4.27. The lowest BCUT2D eigenvalue weighted by Crippen LogP contribution is -2.25. The lowest BCUT2D eigenvalue weighted by Gasteiger charge is -2.17. The Morgan fingerprint density at radius 2 is 1.62 bits per heavy atom. The molecule has 0 saturated heterocycles. The Morgan fingerprint density at radius 3 is 2.24 bits per heavy atom. The highest BCUT2D eigenvalue weighted by Gasteiger charge is 2.25. The van der Waals surface area contributed by atoms with Gasteiger partial charge in [-0.05, 0) is 73.9 Å². The molecule has 4 rings (SSSR count). The maximum Gasteiger partial charge on any atom is 0.293 e. The summed E-state index contributed by atoms with van der Waals surface area (Å²) in [5.74, 6) is -1.09. The Balaban J connectivity index is 1.43. The fourth-order valence-electron chi connectivity index (χ4n) is 3.42. The molecular formula is C25H23FN4O4. The van der Waals surface area contributed by atoms with Crippen LogP contribution in [0.5, 0.6) is 0 Å². The minimum absolute atomic E-state index is 0.160. The molecule has 0 spiro atoms. The lowest BCUT2D eigenvalue weighted by molar-refractivity contribution is -0.384. The number of nitrogens with one attached hydrogen (secondary N) is 3. The van der Waals surface area contributed by atoms with E-state index in [-0.39, 0.29) is 35.1 Å². The summed E-state index contributed by atoms with van der Waals surface area (Å²) in [5.41, 5.74) is 2.10. The van der Waals surface area contributed by atoms with Crippen LogP contribution in [0, 0.1) is 15.9 Å². The second kappa shape index (κ2) is 9.70. The summed E-state index contributed by atoms with van der Waals surface area (Å²) in [5, 5.41) is 20.3. The van der Waals surface area contributed by atoms with Crippen LogP contribution in [-0.2, 0) is 0 Å². The van der Waals surface area contributed by atoms with Crippen molar-refractivity contribution < 1.29 is 18.9 Å². The van der Waals surface area contributed by atoms with Crippen LogP contribution in [0.15, 0.2) is 66.7 Å². The summed E-state index contributed by atoms with van der Waals surface area (Å²) in [6, 6.07) is 16.5. The van der Waals surface area contributed by atoms with Crippen LogP contribution in [0.25, 0.3) is 0 Å². The highest BCUT2D eigenvalue weighted by molar-refractivity contribution is 6.04. The van der Waals surface area contributed by atoms with Crippen LogP contribution in [0.4, 0.5) is 21.5 Å². The molecule has 1 aliphatic carbocycles. The van der Waals surface area contributed by atoms with E-state index in [0.717, 1.165) is 18.4 Å². The van der Waals surface area contributed by atoms with Crippen molar-refractivity contribution in [2.45, 2.75) is 31.8 Å². The number of hydrogen-bond acceptors (Lipinski definition) is 5. The monoisotopic (exact) mass is 462 g/mol. The zero-order valence-electron chi connectivity index (χ0n) is 18.4. The van der Waals surface area contributed by atoms with Crippen LogP contribution >= 0.6 is 0 Å². The fourth-order valence-corrected chi connectivity index (χ4v) is 3.42. The minimum Gasteiger partial charge on any atom is -0.373 e. The zero-order valence-corrected chi connectivity index (χ0v) is 18.4. The van der Waals surface area contributed by atoms with Gasteiger partial charge in [0.1, 0.15) is 11.5 Å². The van der Waals surface area contributed by atoms with Gasteiger partial charge in [0, 0.05) is 35.0 Å². The van der Waals surface area contributed by atoms with E-state index in [9.17, 15) is 24.1 Å². The Kier molecular flexibility index (Phi) is 6.53. The van der Waals surface area contributed by atoms with E-state index in [1.165, 1.54) is 36.4 Å². The molecule has 2 amide bonds. The van der Waals surface area contributed by atoms with Crippen molar-refractivity contribution in [3.05, 3.63) is 99.4 Å². The third-order valence-electron chi connectivity index (χ3n) is 5.52. The molecule has 3 N–H and O–H groups in total. The van der Waals surface area contributed by atoms with Crippen LogP contribution in [0.3, 0.4) is 0 Å². The molecule has 1 aliphatic rings. The highest BCUT2D eigenvalue weighted by atomic mass is 19.1. The molecule has 0 radical (unpaired) electrons. The number of anilines is 2. The summed E-state index contributed by atoms with van der Waals surface area (Å²) in [6.07, 6.45) is 1.86. The zero-order chi connectivity index (χ0) is 24.2. The van der Waals surface area contributed by atoms with Gasteiger partial charge in [-0.15, -0.1) is 0 Å². The van der Waals surface area contributed by atoms with Crippen molar-refractivity contribution in [2.24, 2.45) is 0 Å². The molecule has 9 heteroatoms. The van der Waals surface area contributed by atoms with Crippen LogP contribution in [0.1, 0.15) is 52.1 Å². The van der Waals surface area contributed by atoms with Crippen molar-refractivity contribution in [1.29, 1.82) is 0 Å². The normalized spacial score (nSPS) is 13.6. The van der Waals surface area contributed by atoms with E-state index >= 15 is 0 Å². The highest BCUT2D eigenvalue weighted by Crippen LogP contribution is 2.30. The Labute approximate surface area is 195 Å². The summed E-state index contributed by atoms with van der Waals surface area (Å²) in [7, 11) is 0. The van der Waals surface area contributed by atoms with Crippen molar-refractivity contribution in [2.75, 3.05) is 10.6 Å². The number of carbonyl (C=O) groups excluding carboxylic acids is 2. The summed E-state index contributed by atoms with van der Waals surface area (Å²) in [4.78, 5) is 35.6. The predicted octanol–water partition coefficient (Wildman–Crippen LogP) is 5.05. The van der Waals surface area contributed by atoms with Gasteiger partial charge in [0.15, 0.2) is 0 Å². The first-order valence-corrected chi connectivity index (χ1v) is 10.8. The van der Waals surface area contributed by atoms with E-state index in [1.54, 1.807) is 30.3 Å². The molecule has 0 heterocycles. The van der Waals surface area contributed by atoms with Gasteiger partial charge in [0.25, 0.3) is 17.5 Å². The van der Waals surface area contributed by atoms with E-state index < -0.39 is 10.7 Å². The van der Waals surface area contributed by atoms with Crippen LogP contribution < -0.4 is 16.0 Å². The first-order valence-electron chi connectivity index (χ1n) is 10.8. The average molecular weight is 462 g/mol. The standard InChI is InChI=1S/C25H23FN4O4/c1-15(16-4-9-20(10-5-16)28-24(31)17-2-7-19(26)8-3-17)27-22-13-6-18(14-23(22)30(33)34)25(32)29-21-11-12-21/h2-10,13-15,21,27H,11-12H2,1H3,(H,28,31)(H,29,32). The summed E-state index contributed by atoms with van der Waals surface area (Å²) >= 11 is 0. The van der Waals surface area contributed by atoms with Crippen molar-refractivity contribution in [3.63, 3.8) is 0 Å². The van der Waals surface area contributed by atoms with Gasteiger partial charge in [-0.3, -0.25) is 19.7 Å². The number of nitro benzene ring substituents is 1. The van der Waals surface area contributed by atoms with Crippen molar-refractivity contribution in [3.8, 4) is 0 Å². The molecule has 0 aliphatic heterocycles. The fraction of sp³-hybridized carbons (Fsp3) is 0.200. The molecule has 174 valence electrons. The van der Waals surface area contributed by atoms with E-state index in [1.807, 2.05) is 6.92 Å². The number of nitrogens with zero attached hydrogens (tertiary/aromatic N) is 1. The van der Waals surface area contributed by atoms with Gasteiger partial charge in [-0.2, -0.15) is 0 Å². The van der Waals surface area contributed by atoms with Gasteiger partial charge in [0.2, 0.25) is 0 Å². The molecule has 0 bridgehead atoms. The Morgan fingerprint density at radius 1 is 0.971 bits per heavy atom. The summed E-state index contributed by atoms with van der Waals surface area (Å²) in [6.45, 7) is 1.85. The number of hydrogen-bond donors (Lipinski definition) is 3. The average Bonchev–Trinajstić information content (AvgIpc) is 3.64. The van der Waals surface area contributed by atoms with Gasteiger partial charge in [0.05, 0.1) is 4.92 Å². The van der Waals surface area contributed by atoms with E-state index in [4.69, 9.17) is 0 Å². The largest absolute Gasteiger partial charge is 0.373 e. The number of rotatable bonds is 8. The van der Waals surface area contributed by atoms with Crippen molar-refractivity contribution in [1.82, 2.24) is 5.32 Å². The van der Waals surface area contributed by atoms with Gasteiger partial charge in [-0.25, -0.2) is 4.39 Å². The van der Waals surface area contributed by atoms with E-state index in [2.05, 4.69) is 16.0 Å².